The van der Waals surface area contributed by atoms with Crippen molar-refractivity contribution >= 4 is 38.4 Å². The van der Waals surface area contributed by atoms with Gasteiger partial charge in [-0.2, -0.15) is 11.3 Å². The van der Waals surface area contributed by atoms with Crippen LogP contribution < -0.4 is 0 Å². The van der Waals surface area contributed by atoms with E-state index in [-0.39, 0.29) is 23.5 Å². The van der Waals surface area contributed by atoms with Gasteiger partial charge in [0.1, 0.15) is 10.7 Å². The summed E-state index contributed by atoms with van der Waals surface area (Å²) < 4.78 is 28.7. The Hall–Kier alpha value is -1.29. The normalized spacial score (nSPS) is 19.2. The molecule has 1 fully saturated rings. The van der Waals surface area contributed by atoms with E-state index >= 15 is 0 Å². The van der Waals surface area contributed by atoms with E-state index in [4.69, 9.17) is 4.74 Å². The van der Waals surface area contributed by atoms with Crippen LogP contribution in [0.1, 0.15) is 23.3 Å². The lowest BCUT2D eigenvalue weighted by molar-refractivity contribution is 0.0669. The average molecular weight is 401 g/mol. The Kier molecular flexibility index (Phi) is 5.88. The van der Waals surface area contributed by atoms with Crippen molar-refractivity contribution in [2.75, 3.05) is 31.8 Å². The summed E-state index contributed by atoms with van der Waals surface area (Å²) in [4.78, 5) is 19.1. The Morgan fingerprint density at radius 2 is 2.28 bits per heavy atom. The van der Waals surface area contributed by atoms with Crippen LogP contribution in [0.25, 0.3) is 10.6 Å². The van der Waals surface area contributed by atoms with Gasteiger partial charge in [-0.05, 0) is 24.3 Å². The second-order valence-corrected chi connectivity index (χ2v) is 9.82. The first kappa shape index (κ1) is 18.5. The third-order valence-corrected chi connectivity index (χ3v) is 7.47. The van der Waals surface area contributed by atoms with Gasteiger partial charge in [0.25, 0.3) is 5.91 Å². The van der Waals surface area contributed by atoms with Gasteiger partial charge in [0.2, 0.25) is 0 Å². The molecule has 0 bridgehead atoms. The molecule has 0 radical (unpaired) electrons. The first-order valence-corrected chi connectivity index (χ1v) is 11.6. The summed E-state index contributed by atoms with van der Waals surface area (Å²) in [6, 6.07) is 1.69. The van der Waals surface area contributed by atoms with E-state index in [1.165, 1.54) is 11.3 Å². The highest BCUT2D eigenvalue weighted by atomic mass is 32.2. The molecule has 2 aromatic rings. The van der Waals surface area contributed by atoms with Crippen molar-refractivity contribution in [2.45, 2.75) is 18.9 Å². The number of amides is 1. The molecule has 0 saturated carbocycles. The summed E-state index contributed by atoms with van der Waals surface area (Å²) >= 11 is 3.01. The lowest BCUT2D eigenvalue weighted by atomic mass is 10.2. The van der Waals surface area contributed by atoms with Gasteiger partial charge >= 0.3 is 0 Å². The first-order valence-electron chi connectivity index (χ1n) is 7.98. The Morgan fingerprint density at radius 3 is 2.92 bits per heavy atom. The largest absolute Gasteiger partial charge is 0.385 e. The van der Waals surface area contributed by atoms with Crippen molar-refractivity contribution in [2.24, 2.45) is 0 Å². The van der Waals surface area contributed by atoms with E-state index in [1.807, 2.05) is 16.8 Å². The van der Waals surface area contributed by atoms with Gasteiger partial charge in [-0.3, -0.25) is 4.79 Å². The average Bonchev–Trinajstić information content (AvgIpc) is 3.30. The molecule has 25 heavy (non-hydrogen) atoms. The van der Waals surface area contributed by atoms with Crippen LogP contribution >= 0.6 is 22.7 Å². The molecule has 0 spiro atoms. The molecule has 0 aliphatic carbocycles. The standard InChI is InChI=1S/C16H20N2O4S3/c1-22-6-2-5-18(13-4-8-25(20,21)11-13)16(19)14-10-24-15(17-14)12-3-7-23-9-12/h3,7,9-10,13H,2,4-6,8,11H2,1H3. The molecular weight excluding hydrogens is 380 g/mol. The van der Waals surface area contributed by atoms with Gasteiger partial charge in [-0.25, -0.2) is 13.4 Å². The summed E-state index contributed by atoms with van der Waals surface area (Å²) in [5.74, 6) is -0.0214. The molecule has 6 nitrogen and oxygen atoms in total. The molecule has 0 aromatic carbocycles. The maximum absolute atomic E-state index is 13.0. The van der Waals surface area contributed by atoms with Gasteiger partial charge < -0.3 is 9.64 Å². The number of thiazole rings is 1. The Labute approximate surface area is 155 Å². The predicted molar refractivity (Wildman–Crippen MR) is 100 cm³/mol. The highest BCUT2D eigenvalue weighted by molar-refractivity contribution is 7.91. The molecule has 1 aliphatic rings. The summed E-state index contributed by atoms with van der Waals surface area (Å²) in [7, 11) is -1.45. The van der Waals surface area contributed by atoms with E-state index in [2.05, 4.69) is 4.98 Å². The lowest BCUT2D eigenvalue weighted by Crippen LogP contribution is -2.42. The van der Waals surface area contributed by atoms with Crippen molar-refractivity contribution in [1.29, 1.82) is 0 Å². The Bertz CT molecular complexity index is 814. The van der Waals surface area contributed by atoms with Crippen LogP contribution in [0.3, 0.4) is 0 Å². The molecule has 1 saturated heterocycles. The molecule has 0 N–H and O–H groups in total. The van der Waals surface area contributed by atoms with Gasteiger partial charge in [0, 0.05) is 42.6 Å². The number of carbonyl (C=O) groups is 1. The maximum Gasteiger partial charge on any atom is 0.273 e. The number of rotatable bonds is 7. The lowest BCUT2D eigenvalue weighted by Gasteiger charge is -2.27. The molecule has 1 unspecified atom stereocenters. The minimum atomic E-state index is -3.06. The Morgan fingerprint density at radius 1 is 1.44 bits per heavy atom. The number of ether oxygens (including phenoxy) is 1. The summed E-state index contributed by atoms with van der Waals surface area (Å²) in [5.41, 5.74) is 1.39. The molecule has 3 heterocycles. The number of hydrogen-bond donors (Lipinski definition) is 0. The van der Waals surface area contributed by atoms with E-state index in [1.54, 1.807) is 28.7 Å². The van der Waals surface area contributed by atoms with E-state index in [0.29, 0.717) is 31.7 Å². The van der Waals surface area contributed by atoms with Crippen molar-refractivity contribution in [3.63, 3.8) is 0 Å². The predicted octanol–water partition coefficient (Wildman–Crippen LogP) is 2.54. The van der Waals surface area contributed by atoms with Crippen molar-refractivity contribution in [1.82, 2.24) is 9.88 Å². The van der Waals surface area contributed by atoms with Crippen molar-refractivity contribution < 1.29 is 17.9 Å². The number of thiophene rings is 1. The number of hydrogen-bond acceptors (Lipinski definition) is 7. The van der Waals surface area contributed by atoms with Crippen LogP contribution in [0.15, 0.2) is 22.2 Å². The van der Waals surface area contributed by atoms with Crippen molar-refractivity contribution in [3.8, 4) is 10.6 Å². The highest BCUT2D eigenvalue weighted by Gasteiger charge is 2.35. The van der Waals surface area contributed by atoms with E-state index in [9.17, 15) is 13.2 Å². The van der Waals surface area contributed by atoms with Gasteiger partial charge in [0.05, 0.1) is 11.5 Å². The third kappa shape index (κ3) is 4.46. The van der Waals surface area contributed by atoms with E-state index in [0.717, 1.165) is 10.6 Å². The molecule has 2 aromatic heterocycles. The maximum atomic E-state index is 13.0. The highest BCUT2D eigenvalue weighted by Crippen LogP contribution is 2.27. The number of aromatic nitrogens is 1. The zero-order valence-corrected chi connectivity index (χ0v) is 16.3. The first-order chi connectivity index (χ1) is 12.0. The molecule has 1 atom stereocenters. The quantitative estimate of drug-likeness (QED) is 0.668. The molecule has 9 heteroatoms. The van der Waals surface area contributed by atoms with E-state index < -0.39 is 9.84 Å². The SMILES string of the molecule is COCCCN(C(=O)c1csc(-c2ccsc2)n1)C1CCS(=O)(=O)C1. The fourth-order valence-corrected chi connectivity index (χ4v) is 6.12. The summed E-state index contributed by atoms with van der Waals surface area (Å²) in [6.45, 7) is 0.999. The second-order valence-electron chi connectivity index (χ2n) is 5.95. The fraction of sp³-hybridized carbons (Fsp3) is 0.500. The monoisotopic (exact) mass is 400 g/mol. The summed E-state index contributed by atoms with van der Waals surface area (Å²) in [6.07, 6.45) is 1.16. The minimum Gasteiger partial charge on any atom is -0.385 e. The smallest absolute Gasteiger partial charge is 0.273 e. The van der Waals surface area contributed by atoms with Crippen LogP contribution in [0, 0.1) is 0 Å². The fourth-order valence-electron chi connectivity index (χ4n) is 2.89. The second kappa shape index (κ2) is 7.94. The number of methoxy groups -OCH3 is 1. The zero-order valence-electron chi connectivity index (χ0n) is 13.9. The van der Waals surface area contributed by atoms with Gasteiger partial charge in [0.15, 0.2) is 9.84 Å². The molecule has 3 rings (SSSR count). The number of carbonyl (C=O) groups excluding carboxylic acids is 1. The van der Waals surface area contributed by atoms with Crippen LogP contribution in [0.2, 0.25) is 0 Å². The molecular formula is C16H20N2O4S3. The zero-order chi connectivity index (χ0) is 17.9. The molecule has 1 aliphatic heterocycles. The number of nitrogens with zero attached hydrogens (tertiary/aromatic N) is 2. The summed E-state index contributed by atoms with van der Waals surface area (Å²) in [5, 5.41) is 6.52. The number of sulfone groups is 1. The van der Waals surface area contributed by atoms with Crippen LogP contribution in [0.4, 0.5) is 0 Å². The van der Waals surface area contributed by atoms with Crippen molar-refractivity contribution in [3.05, 3.63) is 27.9 Å². The Balaban J connectivity index is 1.78. The third-order valence-electron chi connectivity index (χ3n) is 4.15. The van der Waals surface area contributed by atoms with Crippen LogP contribution in [-0.2, 0) is 14.6 Å². The van der Waals surface area contributed by atoms with Gasteiger partial charge in [-0.15, -0.1) is 11.3 Å². The van der Waals surface area contributed by atoms with Crippen LogP contribution in [-0.4, -0.2) is 62.0 Å². The molecule has 136 valence electrons. The molecule has 1 amide bonds. The topological polar surface area (TPSA) is 76.6 Å². The minimum absolute atomic E-state index is 0.0350. The van der Waals surface area contributed by atoms with Gasteiger partial charge in [-0.1, -0.05) is 0 Å². The van der Waals surface area contributed by atoms with Crippen LogP contribution in [0.5, 0.6) is 0 Å².